The van der Waals surface area contributed by atoms with Gasteiger partial charge in [-0.1, -0.05) is 6.07 Å². The molecule has 2 aromatic carbocycles. The Labute approximate surface area is 188 Å². The molecule has 0 fully saturated rings. The Balaban J connectivity index is 1.45. The number of anilines is 2. The van der Waals surface area contributed by atoms with Gasteiger partial charge in [0, 0.05) is 43.9 Å². The predicted molar refractivity (Wildman–Crippen MR) is 122 cm³/mol. The second-order valence-electron chi connectivity index (χ2n) is 7.51. The highest BCUT2D eigenvalue weighted by Gasteiger charge is 2.19. The lowest BCUT2D eigenvalue weighted by molar-refractivity contribution is 0.242. The number of fused-ring (bicyclic) bond motifs is 1. The molecule has 0 amide bonds. The van der Waals surface area contributed by atoms with Crippen LogP contribution in [0.4, 0.5) is 11.6 Å². The second kappa shape index (κ2) is 9.74. The lowest BCUT2D eigenvalue weighted by Crippen LogP contribution is -2.31. The molecule has 1 N–H and O–H groups in total. The van der Waals surface area contributed by atoms with E-state index in [1.54, 1.807) is 28.4 Å². The molecule has 1 aliphatic heterocycles. The molecule has 0 saturated heterocycles. The molecular formula is C24H28N4O4. The van der Waals surface area contributed by atoms with Crippen molar-refractivity contribution in [3.8, 4) is 23.0 Å². The number of methoxy groups -OCH3 is 4. The van der Waals surface area contributed by atoms with E-state index in [9.17, 15) is 0 Å². The summed E-state index contributed by atoms with van der Waals surface area (Å²) >= 11 is 0. The molecule has 0 bridgehead atoms. The zero-order valence-electron chi connectivity index (χ0n) is 18.8. The lowest BCUT2D eigenvalue weighted by atomic mass is 10.1. The highest BCUT2D eigenvalue weighted by atomic mass is 16.5. The summed E-state index contributed by atoms with van der Waals surface area (Å²) < 4.78 is 21.5. The highest BCUT2D eigenvalue weighted by Crippen LogP contribution is 2.31. The van der Waals surface area contributed by atoms with Crippen LogP contribution in [-0.4, -0.2) is 49.9 Å². The van der Waals surface area contributed by atoms with Gasteiger partial charge in [-0.25, -0.2) is 9.97 Å². The molecule has 1 aliphatic rings. The number of nitrogens with zero attached hydrogens (tertiary/aromatic N) is 3. The first kappa shape index (κ1) is 21.7. The third kappa shape index (κ3) is 4.70. The Morgan fingerprint density at radius 2 is 1.72 bits per heavy atom. The topological polar surface area (TPSA) is 78.0 Å². The van der Waals surface area contributed by atoms with Crippen molar-refractivity contribution in [2.75, 3.05) is 40.3 Å². The summed E-state index contributed by atoms with van der Waals surface area (Å²) in [6, 6.07) is 11.6. The largest absolute Gasteiger partial charge is 0.497 e. The van der Waals surface area contributed by atoms with Crippen LogP contribution in [-0.2, 0) is 19.5 Å². The van der Waals surface area contributed by atoms with Crippen LogP contribution in [0.2, 0.25) is 0 Å². The van der Waals surface area contributed by atoms with Crippen LogP contribution >= 0.6 is 0 Å². The van der Waals surface area contributed by atoms with Gasteiger partial charge in [-0.3, -0.25) is 4.90 Å². The van der Waals surface area contributed by atoms with Crippen LogP contribution in [0, 0.1) is 0 Å². The van der Waals surface area contributed by atoms with Gasteiger partial charge in [0.25, 0.3) is 0 Å². The maximum atomic E-state index is 5.45. The minimum atomic E-state index is 0.556. The molecule has 8 nitrogen and oxygen atoms in total. The number of hydrogen-bond acceptors (Lipinski definition) is 8. The summed E-state index contributed by atoms with van der Waals surface area (Å²) in [4.78, 5) is 11.7. The molecule has 0 radical (unpaired) electrons. The number of nitrogens with one attached hydrogen (secondary N) is 1. The minimum absolute atomic E-state index is 0.556. The van der Waals surface area contributed by atoms with E-state index < -0.39 is 0 Å². The van der Waals surface area contributed by atoms with Gasteiger partial charge < -0.3 is 24.3 Å². The summed E-state index contributed by atoms with van der Waals surface area (Å²) in [5.41, 5.74) is 4.18. The van der Waals surface area contributed by atoms with Crippen LogP contribution in [0.15, 0.2) is 42.6 Å². The van der Waals surface area contributed by atoms with Crippen molar-refractivity contribution >= 4 is 11.6 Å². The van der Waals surface area contributed by atoms with Crippen LogP contribution in [0.3, 0.4) is 0 Å². The van der Waals surface area contributed by atoms with E-state index in [0.29, 0.717) is 11.7 Å². The normalized spacial score (nSPS) is 13.2. The molecular weight excluding hydrogens is 408 g/mol. The Bertz CT molecular complexity index is 1090. The van der Waals surface area contributed by atoms with Crippen LogP contribution in [0.1, 0.15) is 16.8 Å². The van der Waals surface area contributed by atoms with Gasteiger partial charge in [0.05, 0.1) is 39.8 Å². The average molecular weight is 437 g/mol. The summed E-state index contributed by atoms with van der Waals surface area (Å²) in [5.74, 6) is 3.44. The van der Waals surface area contributed by atoms with Crippen molar-refractivity contribution in [1.29, 1.82) is 0 Å². The number of aromatic nitrogens is 2. The summed E-state index contributed by atoms with van der Waals surface area (Å²) in [7, 11) is 6.56. The van der Waals surface area contributed by atoms with Crippen LogP contribution in [0.25, 0.3) is 0 Å². The van der Waals surface area contributed by atoms with E-state index in [0.717, 1.165) is 60.2 Å². The molecule has 2 heterocycles. The Morgan fingerprint density at radius 3 is 2.47 bits per heavy atom. The fraction of sp³-hybridized carbons (Fsp3) is 0.333. The number of ether oxygens (including phenoxy) is 4. The zero-order valence-corrected chi connectivity index (χ0v) is 18.8. The van der Waals surface area contributed by atoms with Gasteiger partial charge in [-0.2, -0.15) is 0 Å². The van der Waals surface area contributed by atoms with Crippen molar-refractivity contribution in [2.45, 2.75) is 19.5 Å². The molecule has 3 aromatic rings. The maximum Gasteiger partial charge on any atom is 0.227 e. The molecule has 0 atom stereocenters. The Morgan fingerprint density at radius 1 is 0.906 bits per heavy atom. The van der Waals surface area contributed by atoms with Gasteiger partial charge in [0.15, 0.2) is 11.5 Å². The van der Waals surface area contributed by atoms with Gasteiger partial charge in [-0.05, 0) is 29.8 Å². The second-order valence-corrected chi connectivity index (χ2v) is 7.51. The minimum Gasteiger partial charge on any atom is -0.497 e. The van der Waals surface area contributed by atoms with Gasteiger partial charge in [-0.15, -0.1) is 0 Å². The summed E-state index contributed by atoms with van der Waals surface area (Å²) in [6.07, 6.45) is 2.76. The van der Waals surface area contributed by atoms with E-state index in [-0.39, 0.29) is 0 Å². The van der Waals surface area contributed by atoms with E-state index in [1.807, 2.05) is 36.5 Å². The lowest BCUT2D eigenvalue weighted by Gasteiger charge is -2.28. The van der Waals surface area contributed by atoms with Crippen molar-refractivity contribution in [1.82, 2.24) is 14.9 Å². The summed E-state index contributed by atoms with van der Waals surface area (Å²) in [6.45, 7) is 2.54. The first-order valence-electron chi connectivity index (χ1n) is 10.4. The average Bonchev–Trinajstić information content (AvgIpc) is 2.84. The van der Waals surface area contributed by atoms with Crippen molar-refractivity contribution in [3.63, 3.8) is 0 Å². The third-order valence-corrected chi connectivity index (χ3v) is 5.52. The van der Waals surface area contributed by atoms with Crippen molar-refractivity contribution in [2.24, 2.45) is 0 Å². The Kier molecular flexibility index (Phi) is 6.61. The molecule has 32 heavy (non-hydrogen) atoms. The zero-order chi connectivity index (χ0) is 22.5. The molecule has 0 aliphatic carbocycles. The molecule has 0 unspecified atom stereocenters. The van der Waals surface area contributed by atoms with Gasteiger partial charge in [0.2, 0.25) is 5.95 Å². The molecule has 1 aromatic heterocycles. The molecule has 168 valence electrons. The number of rotatable bonds is 8. The molecule has 0 spiro atoms. The van der Waals surface area contributed by atoms with E-state index >= 15 is 0 Å². The standard InChI is InChI=1S/C24H28N4O4/c1-29-18-6-7-20(22(12-18)31-3)27-24-25-13-17-15-28(10-9-19(17)26-24)14-16-5-8-21(30-2)23(11-16)32-4/h5-8,11-13H,9-10,14-15H2,1-4H3,(H,25,26,27). The third-order valence-electron chi connectivity index (χ3n) is 5.52. The Hall–Kier alpha value is -3.52. The van der Waals surface area contributed by atoms with Crippen molar-refractivity contribution < 1.29 is 18.9 Å². The summed E-state index contributed by atoms with van der Waals surface area (Å²) in [5, 5.41) is 3.26. The highest BCUT2D eigenvalue weighted by molar-refractivity contribution is 5.64. The SMILES string of the molecule is COc1ccc(Nc2ncc3c(n2)CCN(Cc2ccc(OC)c(OC)c2)C3)c(OC)c1. The first-order chi connectivity index (χ1) is 15.6. The predicted octanol–water partition coefficient (Wildman–Crippen LogP) is 3.81. The fourth-order valence-electron chi connectivity index (χ4n) is 3.83. The molecule has 4 rings (SSSR count). The fourth-order valence-corrected chi connectivity index (χ4v) is 3.83. The van der Waals surface area contributed by atoms with Crippen molar-refractivity contribution in [3.05, 3.63) is 59.4 Å². The van der Waals surface area contributed by atoms with Gasteiger partial charge >= 0.3 is 0 Å². The molecule has 8 heteroatoms. The smallest absolute Gasteiger partial charge is 0.227 e. The number of hydrogen-bond donors (Lipinski definition) is 1. The van der Waals surface area contributed by atoms with Crippen LogP contribution < -0.4 is 24.3 Å². The van der Waals surface area contributed by atoms with Crippen LogP contribution in [0.5, 0.6) is 23.0 Å². The number of benzene rings is 2. The first-order valence-corrected chi connectivity index (χ1v) is 10.4. The van der Waals surface area contributed by atoms with E-state index in [4.69, 9.17) is 23.9 Å². The molecule has 0 saturated carbocycles. The quantitative estimate of drug-likeness (QED) is 0.571. The maximum absolute atomic E-state index is 5.45. The van der Waals surface area contributed by atoms with E-state index in [2.05, 4.69) is 21.3 Å². The van der Waals surface area contributed by atoms with Gasteiger partial charge in [0.1, 0.15) is 11.5 Å². The van der Waals surface area contributed by atoms with E-state index in [1.165, 1.54) is 5.56 Å². The monoisotopic (exact) mass is 436 g/mol.